The number of hydrogen-bond acceptors (Lipinski definition) is 2. The summed E-state index contributed by atoms with van der Waals surface area (Å²) in [6.45, 7) is 0. The van der Waals surface area contributed by atoms with Gasteiger partial charge < -0.3 is 5.32 Å². The molecule has 0 fully saturated rings. The molecule has 1 amide bonds. The Morgan fingerprint density at radius 3 is 2.15 bits per heavy atom. The first-order valence-electron chi connectivity index (χ1n) is 9.42. The molecule has 0 aliphatic rings. The van der Waals surface area contributed by atoms with E-state index < -0.39 is 29.4 Å². The lowest BCUT2D eigenvalue weighted by molar-refractivity contribution is -0.141. The average Bonchev–Trinajstić information content (AvgIpc) is 3.19. The van der Waals surface area contributed by atoms with E-state index in [1.165, 1.54) is 36.4 Å². The summed E-state index contributed by atoms with van der Waals surface area (Å²) in [6.07, 6.45) is -4.68. The third-order valence-corrected chi connectivity index (χ3v) is 4.96. The van der Waals surface area contributed by atoms with Gasteiger partial charge in [-0.1, -0.05) is 35.9 Å². The second kappa shape index (κ2) is 8.67. The zero-order chi connectivity index (χ0) is 23.8. The van der Waals surface area contributed by atoms with Gasteiger partial charge in [-0.25, -0.2) is 13.5 Å². The smallest absolute Gasteiger partial charge is 0.322 e. The van der Waals surface area contributed by atoms with Crippen molar-refractivity contribution in [2.45, 2.75) is 6.18 Å². The topological polar surface area (TPSA) is 46.9 Å². The largest absolute Gasteiger partial charge is 0.435 e. The Morgan fingerprint density at radius 1 is 0.909 bits per heavy atom. The minimum atomic E-state index is -4.68. The quantitative estimate of drug-likeness (QED) is 0.331. The van der Waals surface area contributed by atoms with E-state index in [-0.39, 0.29) is 27.7 Å². The van der Waals surface area contributed by atoms with Gasteiger partial charge in [0.2, 0.25) is 0 Å². The van der Waals surface area contributed by atoms with Crippen molar-refractivity contribution >= 4 is 23.2 Å². The van der Waals surface area contributed by atoms with Gasteiger partial charge in [0.25, 0.3) is 5.91 Å². The molecular formula is C23H13ClF5N3O. The van der Waals surface area contributed by atoms with Crippen LogP contribution in [0.2, 0.25) is 5.02 Å². The van der Waals surface area contributed by atoms with Crippen molar-refractivity contribution in [3.05, 3.63) is 101 Å². The van der Waals surface area contributed by atoms with Crippen LogP contribution in [0.4, 0.5) is 27.6 Å². The third-order valence-electron chi connectivity index (χ3n) is 4.64. The Labute approximate surface area is 189 Å². The second-order valence-electron chi connectivity index (χ2n) is 6.97. The summed E-state index contributed by atoms with van der Waals surface area (Å²) in [5.41, 5.74) is -0.357. The Bertz CT molecular complexity index is 1310. The van der Waals surface area contributed by atoms with Crippen molar-refractivity contribution in [1.29, 1.82) is 0 Å². The highest BCUT2D eigenvalue weighted by molar-refractivity contribution is 6.32. The van der Waals surface area contributed by atoms with Gasteiger partial charge in [-0.15, -0.1) is 0 Å². The minimum Gasteiger partial charge on any atom is -0.322 e. The lowest BCUT2D eigenvalue weighted by atomic mass is 10.1. The molecular weight excluding hydrogens is 465 g/mol. The van der Waals surface area contributed by atoms with Gasteiger partial charge in [0.1, 0.15) is 11.6 Å². The Morgan fingerprint density at radius 2 is 1.55 bits per heavy atom. The van der Waals surface area contributed by atoms with Crippen LogP contribution in [-0.4, -0.2) is 15.7 Å². The standard InChI is InChI=1S/C23H13ClF5N3O/c24-18-3-1-2-4-19(18)32-20(12-21(31-32)23(27,28)29)13-5-7-14(8-6-13)22(33)30-17-10-15(25)9-16(26)11-17/h1-12H,(H,30,33). The molecule has 0 aliphatic heterocycles. The van der Waals surface area contributed by atoms with Crippen LogP contribution >= 0.6 is 11.6 Å². The number of rotatable bonds is 4. The maximum Gasteiger partial charge on any atom is 0.435 e. The number of halogens is 6. The number of alkyl halides is 3. The molecule has 1 heterocycles. The van der Waals surface area contributed by atoms with E-state index in [2.05, 4.69) is 10.4 Å². The van der Waals surface area contributed by atoms with E-state index in [0.717, 1.165) is 22.9 Å². The molecule has 4 aromatic rings. The van der Waals surface area contributed by atoms with Gasteiger partial charge in [-0.2, -0.15) is 18.3 Å². The first-order valence-corrected chi connectivity index (χ1v) is 9.79. The number of carbonyl (C=O) groups excluding carboxylic acids is 1. The number of aromatic nitrogens is 2. The molecule has 0 spiro atoms. The highest BCUT2D eigenvalue weighted by atomic mass is 35.5. The fourth-order valence-corrected chi connectivity index (χ4v) is 3.37. The van der Waals surface area contributed by atoms with E-state index in [4.69, 9.17) is 11.6 Å². The SMILES string of the molecule is O=C(Nc1cc(F)cc(F)c1)c1ccc(-c2cc(C(F)(F)F)nn2-c2ccccc2Cl)cc1. The van der Waals surface area contributed by atoms with E-state index in [1.54, 1.807) is 12.1 Å². The zero-order valence-electron chi connectivity index (χ0n) is 16.5. The van der Waals surface area contributed by atoms with Gasteiger partial charge in [0, 0.05) is 22.9 Å². The van der Waals surface area contributed by atoms with Crippen LogP contribution in [-0.2, 0) is 6.18 Å². The van der Waals surface area contributed by atoms with Crippen molar-refractivity contribution in [2.75, 3.05) is 5.32 Å². The van der Waals surface area contributed by atoms with E-state index in [9.17, 15) is 26.7 Å². The summed E-state index contributed by atoms with van der Waals surface area (Å²) in [5, 5.41) is 6.24. The van der Waals surface area contributed by atoms with Crippen molar-refractivity contribution in [3.8, 4) is 16.9 Å². The first-order chi connectivity index (χ1) is 15.6. The molecule has 33 heavy (non-hydrogen) atoms. The van der Waals surface area contributed by atoms with E-state index >= 15 is 0 Å². The number of hydrogen-bond donors (Lipinski definition) is 1. The number of carbonyl (C=O) groups is 1. The monoisotopic (exact) mass is 477 g/mol. The molecule has 4 nitrogen and oxygen atoms in total. The van der Waals surface area contributed by atoms with Gasteiger partial charge >= 0.3 is 6.18 Å². The van der Waals surface area contributed by atoms with Crippen molar-refractivity contribution in [1.82, 2.24) is 9.78 Å². The Balaban J connectivity index is 1.68. The fraction of sp³-hybridized carbons (Fsp3) is 0.0435. The highest BCUT2D eigenvalue weighted by Gasteiger charge is 2.35. The summed E-state index contributed by atoms with van der Waals surface area (Å²) in [5.74, 6) is -2.36. The van der Waals surface area contributed by atoms with Crippen molar-refractivity contribution in [3.63, 3.8) is 0 Å². The van der Waals surface area contributed by atoms with Gasteiger partial charge in [0.05, 0.1) is 16.4 Å². The predicted molar refractivity (Wildman–Crippen MR) is 113 cm³/mol. The Kier molecular flexibility index (Phi) is 5.90. The molecule has 10 heteroatoms. The zero-order valence-corrected chi connectivity index (χ0v) is 17.3. The van der Waals surface area contributed by atoms with Crippen LogP contribution in [0, 0.1) is 11.6 Å². The van der Waals surface area contributed by atoms with Crippen LogP contribution in [0.25, 0.3) is 16.9 Å². The first kappa shape index (κ1) is 22.5. The molecule has 0 aliphatic carbocycles. The molecule has 1 aromatic heterocycles. The highest BCUT2D eigenvalue weighted by Crippen LogP contribution is 2.34. The third kappa shape index (κ3) is 4.88. The average molecular weight is 478 g/mol. The normalized spacial score (nSPS) is 11.5. The fourth-order valence-electron chi connectivity index (χ4n) is 3.15. The molecule has 0 unspecified atom stereocenters. The number of nitrogens with zero attached hydrogens (tertiary/aromatic N) is 2. The molecule has 4 rings (SSSR count). The molecule has 0 radical (unpaired) electrons. The predicted octanol–water partition coefficient (Wildman–Crippen LogP) is 6.74. The molecule has 0 bridgehead atoms. The van der Waals surface area contributed by atoms with Crippen LogP contribution in [0.5, 0.6) is 0 Å². The lowest BCUT2D eigenvalue weighted by Crippen LogP contribution is -2.12. The summed E-state index contributed by atoms with van der Waals surface area (Å²) in [7, 11) is 0. The van der Waals surface area contributed by atoms with Crippen LogP contribution < -0.4 is 5.32 Å². The van der Waals surface area contributed by atoms with Crippen molar-refractivity contribution < 1.29 is 26.7 Å². The number of para-hydroxylation sites is 1. The van der Waals surface area contributed by atoms with Gasteiger partial charge in [-0.3, -0.25) is 4.79 Å². The molecule has 1 N–H and O–H groups in total. The number of amides is 1. The molecule has 3 aromatic carbocycles. The van der Waals surface area contributed by atoms with E-state index in [0.29, 0.717) is 11.6 Å². The number of anilines is 1. The second-order valence-corrected chi connectivity index (χ2v) is 7.37. The molecule has 0 saturated heterocycles. The molecule has 0 saturated carbocycles. The number of benzene rings is 3. The van der Waals surface area contributed by atoms with Gasteiger partial charge in [0.15, 0.2) is 5.69 Å². The van der Waals surface area contributed by atoms with Crippen molar-refractivity contribution in [2.24, 2.45) is 0 Å². The molecule has 0 atom stereocenters. The number of nitrogens with one attached hydrogen (secondary N) is 1. The van der Waals surface area contributed by atoms with Crippen LogP contribution in [0.1, 0.15) is 16.1 Å². The summed E-state index contributed by atoms with van der Waals surface area (Å²) >= 11 is 6.16. The maximum atomic E-state index is 13.3. The van der Waals surface area contributed by atoms with Gasteiger partial charge in [-0.05, 0) is 42.5 Å². The summed E-state index contributed by atoms with van der Waals surface area (Å²) in [4.78, 5) is 12.4. The van der Waals surface area contributed by atoms with E-state index in [1.807, 2.05) is 0 Å². The van der Waals surface area contributed by atoms with Crippen LogP contribution in [0.15, 0.2) is 72.8 Å². The summed E-state index contributed by atoms with van der Waals surface area (Å²) in [6, 6.07) is 15.4. The molecule has 168 valence electrons. The lowest BCUT2D eigenvalue weighted by Gasteiger charge is -2.10. The maximum absolute atomic E-state index is 13.3. The Hall–Kier alpha value is -3.72. The van der Waals surface area contributed by atoms with Crippen LogP contribution in [0.3, 0.4) is 0 Å². The minimum absolute atomic E-state index is 0.0757. The summed E-state index contributed by atoms with van der Waals surface area (Å²) < 4.78 is 67.7.